The van der Waals surface area contributed by atoms with Crippen LogP contribution in [0.25, 0.3) is 10.8 Å². The van der Waals surface area contributed by atoms with E-state index in [1.165, 1.54) is 0 Å². The Morgan fingerprint density at radius 2 is 1.91 bits per heavy atom. The van der Waals surface area contributed by atoms with Gasteiger partial charge in [0.25, 0.3) is 0 Å². The summed E-state index contributed by atoms with van der Waals surface area (Å²) in [4.78, 5) is 12.2. The second-order valence-corrected chi connectivity index (χ2v) is 5.99. The lowest BCUT2D eigenvalue weighted by molar-refractivity contribution is -0.120. The maximum Gasteiger partial charge on any atom is 0.244 e. The largest absolute Gasteiger partial charge is 0.463 e. The van der Waals surface area contributed by atoms with Gasteiger partial charge in [-0.1, -0.05) is 46.3 Å². The summed E-state index contributed by atoms with van der Waals surface area (Å²) < 4.78 is 6.25. The van der Waals surface area contributed by atoms with Crippen molar-refractivity contribution in [1.29, 1.82) is 0 Å². The molecule has 23 heavy (non-hydrogen) atoms. The molecular formula is C18H15BrN2O2. The summed E-state index contributed by atoms with van der Waals surface area (Å²) in [5.74, 6) is 0.475. The molecule has 0 saturated carbocycles. The summed E-state index contributed by atoms with van der Waals surface area (Å²) in [6.45, 7) is 1.79. The van der Waals surface area contributed by atoms with Crippen LogP contribution in [-0.4, -0.2) is 11.6 Å². The second-order valence-electron chi connectivity index (χ2n) is 5.14. The summed E-state index contributed by atoms with van der Waals surface area (Å²) in [7, 11) is 0. The first-order valence-corrected chi connectivity index (χ1v) is 7.97. The number of benzene rings is 2. The number of rotatable bonds is 4. The Kier molecular flexibility index (Phi) is 4.57. The molecular weight excluding hydrogens is 356 g/mol. The third-order valence-corrected chi connectivity index (χ3v) is 4.23. The summed E-state index contributed by atoms with van der Waals surface area (Å²) in [6, 6.07) is 15.5. The minimum atomic E-state index is -0.164. The molecule has 0 unspecified atom stereocenters. The maximum atomic E-state index is 12.2. The van der Waals surface area contributed by atoms with Gasteiger partial charge in [0.1, 0.15) is 11.5 Å². The molecule has 0 aliphatic rings. The normalized spacial score (nSPS) is 11.7. The Hall–Kier alpha value is -2.40. The number of halogens is 1. The monoisotopic (exact) mass is 370 g/mol. The lowest BCUT2D eigenvalue weighted by atomic mass is 10.0. The van der Waals surface area contributed by atoms with Crippen LogP contribution in [0.2, 0.25) is 0 Å². The highest BCUT2D eigenvalue weighted by Crippen LogP contribution is 2.27. The van der Waals surface area contributed by atoms with Crippen LogP contribution in [0.15, 0.2) is 68.8 Å². The number of carbonyl (C=O) groups is 1. The van der Waals surface area contributed by atoms with Crippen LogP contribution in [0.4, 0.5) is 0 Å². The van der Waals surface area contributed by atoms with E-state index in [1.807, 2.05) is 36.4 Å². The van der Waals surface area contributed by atoms with Crippen LogP contribution in [-0.2, 0) is 11.2 Å². The van der Waals surface area contributed by atoms with E-state index in [9.17, 15) is 4.79 Å². The number of hydrazone groups is 1. The molecule has 0 saturated heterocycles. The van der Waals surface area contributed by atoms with Gasteiger partial charge in [-0.3, -0.25) is 4.79 Å². The summed E-state index contributed by atoms with van der Waals surface area (Å²) in [5.41, 5.74) is 4.17. The van der Waals surface area contributed by atoms with Crippen LogP contribution < -0.4 is 5.43 Å². The van der Waals surface area contributed by atoms with E-state index in [0.29, 0.717) is 11.5 Å². The molecule has 0 aliphatic carbocycles. The maximum absolute atomic E-state index is 12.2. The molecule has 0 aliphatic heterocycles. The molecule has 116 valence electrons. The average Bonchev–Trinajstić information content (AvgIpc) is 3.10. The van der Waals surface area contributed by atoms with E-state index in [2.05, 4.69) is 26.5 Å². The van der Waals surface area contributed by atoms with Crippen molar-refractivity contribution in [3.63, 3.8) is 0 Å². The van der Waals surface area contributed by atoms with Gasteiger partial charge >= 0.3 is 0 Å². The molecule has 0 atom stereocenters. The van der Waals surface area contributed by atoms with Crippen LogP contribution in [0.3, 0.4) is 0 Å². The Morgan fingerprint density at radius 3 is 2.65 bits per heavy atom. The van der Waals surface area contributed by atoms with Gasteiger partial charge in [-0.05, 0) is 41.5 Å². The molecule has 1 heterocycles. The van der Waals surface area contributed by atoms with Crippen LogP contribution in [0.5, 0.6) is 0 Å². The van der Waals surface area contributed by atoms with Crippen molar-refractivity contribution >= 4 is 38.3 Å². The fourth-order valence-corrected chi connectivity index (χ4v) is 2.86. The Morgan fingerprint density at radius 1 is 1.13 bits per heavy atom. The SMILES string of the molecule is C/C(=N\NC(=O)Cc1ccc(Br)c2ccccc12)c1ccco1. The third kappa shape index (κ3) is 3.51. The molecule has 3 aromatic rings. The fourth-order valence-electron chi connectivity index (χ4n) is 2.38. The van der Waals surface area contributed by atoms with E-state index in [1.54, 1.807) is 25.3 Å². The van der Waals surface area contributed by atoms with E-state index in [4.69, 9.17) is 4.42 Å². The number of hydrogen-bond acceptors (Lipinski definition) is 3. The standard InChI is InChI=1S/C18H15BrN2O2/c1-12(17-7-4-10-23-17)20-21-18(22)11-13-8-9-16(19)15-6-3-2-5-14(13)15/h2-10H,11H2,1H3,(H,21,22)/b20-12+. The van der Waals surface area contributed by atoms with Gasteiger partial charge in [-0.25, -0.2) is 5.43 Å². The van der Waals surface area contributed by atoms with Crippen LogP contribution >= 0.6 is 15.9 Å². The number of fused-ring (bicyclic) bond motifs is 1. The first-order chi connectivity index (χ1) is 11.1. The van der Waals surface area contributed by atoms with Gasteiger partial charge in [0, 0.05) is 4.47 Å². The average molecular weight is 371 g/mol. The quantitative estimate of drug-likeness (QED) is 0.550. The molecule has 0 fully saturated rings. The number of hydrogen-bond donors (Lipinski definition) is 1. The zero-order valence-corrected chi connectivity index (χ0v) is 14.1. The Labute approximate surface area is 142 Å². The van der Waals surface area contributed by atoms with Gasteiger partial charge in [-0.2, -0.15) is 5.10 Å². The molecule has 1 amide bonds. The van der Waals surface area contributed by atoms with Crippen molar-refractivity contribution < 1.29 is 9.21 Å². The molecule has 0 spiro atoms. The Balaban J connectivity index is 1.76. The Bertz CT molecular complexity index is 870. The second kappa shape index (κ2) is 6.79. The number of furan rings is 1. The molecule has 0 bridgehead atoms. The summed E-state index contributed by atoms with van der Waals surface area (Å²) >= 11 is 3.54. The molecule has 0 radical (unpaired) electrons. The molecule has 5 heteroatoms. The zero-order chi connectivity index (χ0) is 16.2. The number of nitrogens with zero attached hydrogens (tertiary/aromatic N) is 1. The summed E-state index contributed by atoms with van der Waals surface area (Å²) in [5, 5.41) is 6.22. The van der Waals surface area contributed by atoms with Crippen molar-refractivity contribution in [2.75, 3.05) is 0 Å². The minimum Gasteiger partial charge on any atom is -0.463 e. The smallest absolute Gasteiger partial charge is 0.244 e. The molecule has 4 nitrogen and oxygen atoms in total. The predicted molar refractivity (Wildman–Crippen MR) is 94.4 cm³/mol. The highest BCUT2D eigenvalue weighted by Gasteiger charge is 2.09. The van der Waals surface area contributed by atoms with Gasteiger partial charge in [-0.15, -0.1) is 0 Å². The van der Waals surface area contributed by atoms with Crippen molar-refractivity contribution in [3.8, 4) is 0 Å². The third-order valence-electron chi connectivity index (χ3n) is 3.54. The summed E-state index contributed by atoms with van der Waals surface area (Å²) in [6.07, 6.45) is 1.84. The van der Waals surface area contributed by atoms with Gasteiger partial charge in [0.05, 0.1) is 12.7 Å². The molecule has 1 N–H and O–H groups in total. The fraction of sp³-hybridized carbons (Fsp3) is 0.111. The van der Waals surface area contributed by atoms with Gasteiger partial charge in [0.2, 0.25) is 5.91 Å². The van der Waals surface area contributed by atoms with Crippen molar-refractivity contribution in [1.82, 2.24) is 5.43 Å². The van der Waals surface area contributed by atoms with Crippen molar-refractivity contribution in [3.05, 3.63) is 70.6 Å². The minimum absolute atomic E-state index is 0.164. The van der Waals surface area contributed by atoms with E-state index in [0.717, 1.165) is 20.8 Å². The first kappa shape index (κ1) is 15.5. The van der Waals surface area contributed by atoms with Crippen molar-refractivity contribution in [2.45, 2.75) is 13.3 Å². The molecule has 2 aromatic carbocycles. The highest BCUT2D eigenvalue weighted by molar-refractivity contribution is 9.10. The number of amides is 1. The first-order valence-electron chi connectivity index (χ1n) is 7.18. The van der Waals surface area contributed by atoms with E-state index >= 15 is 0 Å². The topological polar surface area (TPSA) is 54.6 Å². The van der Waals surface area contributed by atoms with Crippen molar-refractivity contribution in [2.24, 2.45) is 5.10 Å². The molecule has 1 aromatic heterocycles. The van der Waals surface area contributed by atoms with E-state index < -0.39 is 0 Å². The van der Waals surface area contributed by atoms with Gasteiger partial charge in [0.15, 0.2) is 0 Å². The van der Waals surface area contributed by atoms with Crippen LogP contribution in [0.1, 0.15) is 18.2 Å². The predicted octanol–water partition coefficient (Wildman–Crippen LogP) is 4.28. The zero-order valence-electron chi connectivity index (χ0n) is 12.5. The van der Waals surface area contributed by atoms with Gasteiger partial charge < -0.3 is 4.42 Å². The highest BCUT2D eigenvalue weighted by atomic mass is 79.9. The lowest BCUT2D eigenvalue weighted by Gasteiger charge is -2.07. The van der Waals surface area contributed by atoms with Crippen LogP contribution in [0, 0.1) is 0 Å². The number of carbonyl (C=O) groups excluding carboxylic acids is 1. The molecule has 3 rings (SSSR count). The lowest BCUT2D eigenvalue weighted by Crippen LogP contribution is -2.21. The van der Waals surface area contributed by atoms with E-state index in [-0.39, 0.29) is 12.3 Å². The number of nitrogens with one attached hydrogen (secondary N) is 1.